The van der Waals surface area contributed by atoms with E-state index in [0.717, 1.165) is 17.8 Å². The summed E-state index contributed by atoms with van der Waals surface area (Å²) in [5.74, 6) is 2.99. The third-order valence-corrected chi connectivity index (χ3v) is 3.15. The van der Waals surface area contributed by atoms with Crippen LogP contribution in [0.4, 0.5) is 0 Å². The Hall–Kier alpha value is 0. The third kappa shape index (κ3) is 2.84. The molecule has 2 atom stereocenters. The summed E-state index contributed by atoms with van der Waals surface area (Å²) in [6.07, 6.45) is 7.41. The summed E-state index contributed by atoms with van der Waals surface area (Å²) in [7, 11) is 0. The molecule has 0 radical (unpaired) electrons. The first kappa shape index (κ1) is 9.09. The zero-order chi connectivity index (χ0) is 8.27. The van der Waals surface area contributed by atoms with Gasteiger partial charge in [-0.1, -0.05) is 46.5 Å². The summed E-state index contributed by atoms with van der Waals surface area (Å²) in [6.45, 7) is 7.09. The highest BCUT2D eigenvalue weighted by Gasteiger charge is 2.22. The molecule has 0 aromatic heterocycles. The minimum absolute atomic E-state index is 0.905. The maximum absolute atomic E-state index is 2.43. The molecule has 1 rings (SSSR count). The topological polar surface area (TPSA) is 0 Å². The van der Waals surface area contributed by atoms with Crippen LogP contribution < -0.4 is 0 Å². The Balaban J connectivity index is 2.15. The second kappa shape index (κ2) is 4.13. The Morgan fingerprint density at radius 3 is 2.45 bits per heavy atom. The predicted octanol–water partition coefficient (Wildman–Crippen LogP) is 3.86. The summed E-state index contributed by atoms with van der Waals surface area (Å²) in [5, 5.41) is 0. The van der Waals surface area contributed by atoms with Gasteiger partial charge < -0.3 is 0 Å². The van der Waals surface area contributed by atoms with Crippen molar-refractivity contribution in [2.24, 2.45) is 17.8 Å². The molecule has 11 heavy (non-hydrogen) atoms. The molecule has 0 aromatic rings. The van der Waals surface area contributed by atoms with E-state index in [9.17, 15) is 0 Å². The van der Waals surface area contributed by atoms with Crippen molar-refractivity contribution in [3.63, 3.8) is 0 Å². The van der Waals surface area contributed by atoms with Gasteiger partial charge in [0.25, 0.3) is 0 Å². The van der Waals surface area contributed by atoms with E-state index in [1.54, 1.807) is 0 Å². The number of hydrogen-bond acceptors (Lipinski definition) is 0. The van der Waals surface area contributed by atoms with Crippen molar-refractivity contribution in [3.05, 3.63) is 0 Å². The highest BCUT2D eigenvalue weighted by Crippen LogP contribution is 2.34. The fourth-order valence-corrected chi connectivity index (χ4v) is 2.20. The largest absolute Gasteiger partial charge is 0.0628 e. The molecule has 0 amide bonds. The molecule has 1 saturated carbocycles. The SMILES string of the molecule is CC(C)CC[C@H]1CCC[C@H]1C. The smallest absolute Gasteiger partial charge is 0.0388 e. The number of hydrogen-bond donors (Lipinski definition) is 0. The predicted molar refractivity (Wildman–Crippen MR) is 50.6 cm³/mol. The van der Waals surface area contributed by atoms with E-state index in [0.29, 0.717) is 0 Å². The van der Waals surface area contributed by atoms with Crippen LogP contribution in [0, 0.1) is 17.8 Å². The number of rotatable bonds is 3. The van der Waals surface area contributed by atoms with E-state index in [1.807, 2.05) is 0 Å². The minimum Gasteiger partial charge on any atom is -0.0628 e. The Kier molecular flexibility index (Phi) is 3.42. The van der Waals surface area contributed by atoms with Gasteiger partial charge in [0.1, 0.15) is 0 Å². The van der Waals surface area contributed by atoms with Crippen molar-refractivity contribution < 1.29 is 0 Å². The summed E-state index contributed by atoms with van der Waals surface area (Å²) >= 11 is 0. The molecule has 0 nitrogen and oxygen atoms in total. The van der Waals surface area contributed by atoms with Crippen LogP contribution in [0.15, 0.2) is 0 Å². The van der Waals surface area contributed by atoms with Crippen molar-refractivity contribution in [1.82, 2.24) is 0 Å². The molecule has 0 spiro atoms. The first-order chi connectivity index (χ1) is 5.20. The van der Waals surface area contributed by atoms with Crippen LogP contribution in [0.25, 0.3) is 0 Å². The molecule has 0 N–H and O–H groups in total. The Morgan fingerprint density at radius 1 is 1.27 bits per heavy atom. The minimum atomic E-state index is 0.905. The molecule has 0 heteroatoms. The molecular weight excluding hydrogens is 132 g/mol. The lowest BCUT2D eigenvalue weighted by molar-refractivity contribution is 0.357. The second-order valence-corrected chi connectivity index (χ2v) is 4.64. The van der Waals surface area contributed by atoms with Crippen LogP contribution in [-0.4, -0.2) is 0 Å². The van der Waals surface area contributed by atoms with E-state index < -0.39 is 0 Å². The second-order valence-electron chi connectivity index (χ2n) is 4.64. The van der Waals surface area contributed by atoms with Crippen molar-refractivity contribution in [3.8, 4) is 0 Å². The molecule has 66 valence electrons. The first-order valence-electron chi connectivity index (χ1n) is 5.20. The third-order valence-electron chi connectivity index (χ3n) is 3.15. The van der Waals surface area contributed by atoms with E-state index in [-0.39, 0.29) is 0 Å². The molecule has 0 bridgehead atoms. The molecule has 0 unspecified atom stereocenters. The van der Waals surface area contributed by atoms with Gasteiger partial charge in [0.2, 0.25) is 0 Å². The molecule has 0 aliphatic heterocycles. The standard InChI is InChI=1S/C11H22/c1-9(2)7-8-11-6-4-5-10(11)3/h9-11H,4-8H2,1-3H3/t10-,11-/m1/s1. The Labute approximate surface area is 71.4 Å². The van der Waals surface area contributed by atoms with E-state index >= 15 is 0 Å². The fraction of sp³-hybridized carbons (Fsp3) is 1.00. The molecule has 1 fully saturated rings. The van der Waals surface area contributed by atoms with Crippen molar-refractivity contribution in [2.45, 2.75) is 52.9 Å². The molecule has 0 aromatic carbocycles. The first-order valence-corrected chi connectivity index (χ1v) is 5.20. The fourth-order valence-electron chi connectivity index (χ4n) is 2.20. The zero-order valence-corrected chi connectivity index (χ0v) is 8.27. The summed E-state index contributed by atoms with van der Waals surface area (Å²) in [6, 6.07) is 0. The van der Waals surface area contributed by atoms with Crippen LogP contribution in [0.2, 0.25) is 0 Å². The van der Waals surface area contributed by atoms with Gasteiger partial charge in [-0.3, -0.25) is 0 Å². The zero-order valence-electron chi connectivity index (χ0n) is 8.27. The van der Waals surface area contributed by atoms with Gasteiger partial charge >= 0.3 is 0 Å². The van der Waals surface area contributed by atoms with Crippen LogP contribution in [0.1, 0.15) is 52.9 Å². The molecule has 0 saturated heterocycles. The lowest BCUT2D eigenvalue weighted by atomic mass is 9.90. The monoisotopic (exact) mass is 154 g/mol. The van der Waals surface area contributed by atoms with Gasteiger partial charge in [-0.2, -0.15) is 0 Å². The highest BCUT2D eigenvalue weighted by molar-refractivity contribution is 4.74. The van der Waals surface area contributed by atoms with Crippen molar-refractivity contribution >= 4 is 0 Å². The summed E-state index contributed by atoms with van der Waals surface area (Å²) in [4.78, 5) is 0. The summed E-state index contributed by atoms with van der Waals surface area (Å²) in [5.41, 5.74) is 0. The van der Waals surface area contributed by atoms with Gasteiger partial charge in [-0.15, -0.1) is 0 Å². The van der Waals surface area contributed by atoms with Crippen molar-refractivity contribution in [2.75, 3.05) is 0 Å². The van der Waals surface area contributed by atoms with Gasteiger partial charge in [0, 0.05) is 0 Å². The normalized spacial score (nSPS) is 31.6. The van der Waals surface area contributed by atoms with Crippen LogP contribution in [0.5, 0.6) is 0 Å². The maximum Gasteiger partial charge on any atom is -0.0388 e. The lowest BCUT2D eigenvalue weighted by Crippen LogP contribution is -2.04. The van der Waals surface area contributed by atoms with Crippen LogP contribution in [-0.2, 0) is 0 Å². The van der Waals surface area contributed by atoms with Gasteiger partial charge in [0.05, 0.1) is 0 Å². The quantitative estimate of drug-likeness (QED) is 0.579. The van der Waals surface area contributed by atoms with E-state index in [1.165, 1.54) is 32.1 Å². The highest BCUT2D eigenvalue weighted by atomic mass is 14.3. The van der Waals surface area contributed by atoms with E-state index in [2.05, 4.69) is 20.8 Å². The van der Waals surface area contributed by atoms with E-state index in [4.69, 9.17) is 0 Å². The Morgan fingerprint density at radius 2 is 2.00 bits per heavy atom. The van der Waals surface area contributed by atoms with Gasteiger partial charge in [-0.05, 0) is 24.2 Å². The average molecular weight is 154 g/mol. The van der Waals surface area contributed by atoms with Crippen molar-refractivity contribution in [1.29, 1.82) is 0 Å². The van der Waals surface area contributed by atoms with Crippen LogP contribution in [0.3, 0.4) is 0 Å². The molecular formula is C11H22. The van der Waals surface area contributed by atoms with Gasteiger partial charge in [-0.25, -0.2) is 0 Å². The molecule has 0 heterocycles. The molecule has 1 aliphatic rings. The average Bonchev–Trinajstić information content (AvgIpc) is 2.31. The Bertz CT molecular complexity index is 105. The van der Waals surface area contributed by atoms with Gasteiger partial charge in [0.15, 0.2) is 0 Å². The lowest BCUT2D eigenvalue weighted by Gasteiger charge is -2.15. The maximum atomic E-state index is 2.43. The van der Waals surface area contributed by atoms with Crippen LogP contribution >= 0.6 is 0 Å². The molecule has 1 aliphatic carbocycles. The summed E-state index contributed by atoms with van der Waals surface area (Å²) < 4.78 is 0.